The van der Waals surface area contributed by atoms with Crippen LogP contribution in [0.4, 0.5) is 0 Å². The summed E-state index contributed by atoms with van der Waals surface area (Å²) in [6.45, 7) is 7.23. The van der Waals surface area contributed by atoms with Crippen LogP contribution in [0.5, 0.6) is 0 Å². The molecular weight excluding hydrogens is 220 g/mol. The molecule has 0 radical (unpaired) electrons. The lowest BCUT2D eigenvalue weighted by Gasteiger charge is -2.24. The second kappa shape index (κ2) is 5.49. The van der Waals surface area contributed by atoms with E-state index >= 15 is 0 Å². The fourth-order valence-electron chi connectivity index (χ4n) is 1.93. The minimum absolute atomic E-state index is 0.0371. The fraction of sp³-hybridized carbons (Fsp3) is 0.833. The van der Waals surface area contributed by atoms with Gasteiger partial charge in [0.15, 0.2) is 0 Å². The number of nitrogens with one attached hydrogen (secondary N) is 2. The molecule has 0 spiro atoms. The van der Waals surface area contributed by atoms with Crippen LogP contribution in [0.1, 0.15) is 27.2 Å². The van der Waals surface area contributed by atoms with E-state index in [0.717, 1.165) is 6.54 Å². The third kappa shape index (κ3) is 3.19. The number of carbonyl (C=O) groups is 2. The van der Waals surface area contributed by atoms with E-state index in [0.29, 0.717) is 18.9 Å². The normalized spacial score (nSPS) is 27.5. The Morgan fingerprint density at radius 1 is 1.47 bits per heavy atom. The highest BCUT2D eigenvalue weighted by Crippen LogP contribution is 2.21. The predicted molar refractivity (Wildman–Crippen MR) is 64.6 cm³/mol. The van der Waals surface area contributed by atoms with Gasteiger partial charge in [0.1, 0.15) is 0 Å². The Morgan fingerprint density at radius 3 is 2.53 bits per heavy atom. The van der Waals surface area contributed by atoms with Gasteiger partial charge in [0.2, 0.25) is 5.91 Å². The molecule has 1 aliphatic rings. The van der Waals surface area contributed by atoms with Gasteiger partial charge in [0.05, 0.1) is 11.3 Å². The number of carbonyl (C=O) groups excluding carboxylic acids is 1. The molecule has 1 rings (SSSR count). The predicted octanol–water partition coefficient (Wildman–Crippen LogP) is 0.459. The highest BCUT2D eigenvalue weighted by atomic mass is 16.4. The van der Waals surface area contributed by atoms with Gasteiger partial charge < -0.3 is 15.7 Å². The van der Waals surface area contributed by atoms with Crippen molar-refractivity contribution in [1.29, 1.82) is 0 Å². The molecule has 1 saturated heterocycles. The lowest BCUT2D eigenvalue weighted by Crippen LogP contribution is -2.43. The molecule has 1 fully saturated rings. The molecule has 98 valence electrons. The van der Waals surface area contributed by atoms with Gasteiger partial charge in [-0.05, 0) is 25.8 Å². The summed E-state index contributed by atoms with van der Waals surface area (Å²) in [5, 5.41) is 15.0. The molecule has 1 amide bonds. The van der Waals surface area contributed by atoms with Gasteiger partial charge in [-0.25, -0.2) is 0 Å². The van der Waals surface area contributed by atoms with E-state index in [2.05, 4.69) is 10.6 Å². The second-order valence-corrected chi connectivity index (χ2v) is 5.18. The fourth-order valence-corrected chi connectivity index (χ4v) is 1.93. The summed E-state index contributed by atoms with van der Waals surface area (Å²) in [6, 6.07) is 0. The first-order valence-electron chi connectivity index (χ1n) is 6.12. The Bertz CT molecular complexity index is 306. The van der Waals surface area contributed by atoms with Crippen molar-refractivity contribution in [2.45, 2.75) is 27.2 Å². The molecule has 0 aromatic carbocycles. The Labute approximate surface area is 102 Å². The van der Waals surface area contributed by atoms with Crippen molar-refractivity contribution in [2.24, 2.45) is 17.3 Å². The quantitative estimate of drug-likeness (QED) is 0.654. The summed E-state index contributed by atoms with van der Waals surface area (Å²) in [5.74, 6) is -0.626. The Kier molecular flexibility index (Phi) is 4.51. The van der Waals surface area contributed by atoms with Crippen LogP contribution in [0.25, 0.3) is 0 Å². The number of amides is 1. The summed E-state index contributed by atoms with van der Waals surface area (Å²) in [7, 11) is 0. The number of rotatable bonds is 5. The molecule has 0 bridgehead atoms. The summed E-state index contributed by atoms with van der Waals surface area (Å²) in [5.41, 5.74) is -0.870. The SMILES string of the molecule is CCC(C)(CNC(=O)C1CNCC1C)C(=O)O. The van der Waals surface area contributed by atoms with Crippen molar-refractivity contribution >= 4 is 11.9 Å². The molecule has 5 heteroatoms. The summed E-state index contributed by atoms with van der Waals surface area (Å²) in [4.78, 5) is 23.0. The summed E-state index contributed by atoms with van der Waals surface area (Å²) in [6.07, 6.45) is 0.501. The van der Waals surface area contributed by atoms with Gasteiger partial charge >= 0.3 is 5.97 Å². The Morgan fingerprint density at radius 2 is 2.12 bits per heavy atom. The van der Waals surface area contributed by atoms with Crippen LogP contribution in [0.15, 0.2) is 0 Å². The molecule has 0 aromatic heterocycles. The maximum atomic E-state index is 11.9. The molecule has 3 N–H and O–H groups in total. The van der Waals surface area contributed by atoms with Crippen molar-refractivity contribution in [3.05, 3.63) is 0 Å². The van der Waals surface area contributed by atoms with Crippen molar-refractivity contribution in [1.82, 2.24) is 10.6 Å². The van der Waals surface area contributed by atoms with E-state index in [1.807, 2.05) is 13.8 Å². The Balaban J connectivity index is 2.50. The first kappa shape index (κ1) is 14.0. The number of aliphatic carboxylic acids is 1. The lowest BCUT2D eigenvalue weighted by atomic mass is 9.87. The third-order valence-electron chi connectivity index (χ3n) is 3.80. The molecule has 0 aliphatic carbocycles. The molecule has 17 heavy (non-hydrogen) atoms. The van der Waals surface area contributed by atoms with Crippen molar-refractivity contribution in [2.75, 3.05) is 19.6 Å². The second-order valence-electron chi connectivity index (χ2n) is 5.18. The Hall–Kier alpha value is -1.10. The average Bonchev–Trinajstić information content (AvgIpc) is 2.71. The highest BCUT2D eigenvalue weighted by Gasteiger charge is 2.34. The van der Waals surface area contributed by atoms with Crippen molar-refractivity contribution < 1.29 is 14.7 Å². The van der Waals surface area contributed by atoms with E-state index in [1.165, 1.54) is 0 Å². The van der Waals surface area contributed by atoms with Crippen LogP contribution in [0.3, 0.4) is 0 Å². The van der Waals surface area contributed by atoms with Gasteiger partial charge in [-0.15, -0.1) is 0 Å². The molecule has 3 atom stereocenters. The zero-order chi connectivity index (χ0) is 13.1. The van der Waals surface area contributed by atoms with Crippen LogP contribution in [0.2, 0.25) is 0 Å². The van der Waals surface area contributed by atoms with Crippen molar-refractivity contribution in [3.8, 4) is 0 Å². The molecule has 0 aromatic rings. The van der Waals surface area contributed by atoms with Crippen LogP contribution >= 0.6 is 0 Å². The largest absolute Gasteiger partial charge is 0.481 e. The summed E-state index contributed by atoms with van der Waals surface area (Å²) >= 11 is 0. The first-order valence-corrected chi connectivity index (χ1v) is 6.12. The minimum atomic E-state index is -0.870. The molecule has 1 aliphatic heterocycles. The smallest absolute Gasteiger partial charge is 0.311 e. The number of hydrogen-bond acceptors (Lipinski definition) is 3. The standard InChI is InChI=1S/C12H22N2O3/c1-4-12(3,11(16)17)7-14-10(15)9-6-13-5-8(9)2/h8-9,13H,4-7H2,1-3H3,(H,14,15)(H,16,17). The zero-order valence-electron chi connectivity index (χ0n) is 10.7. The van der Waals surface area contributed by atoms with E-state index in [9.17, 15) is 9.59 Å². The van der Waals surface area contributed by atoms with Gasteiger partial charge in [0.25, 0.3) is 0 Å². The van der Waals surface area contributed by atoms with Crippen LogP contribution in [-0.4, -0.2) is 36.6 Å². The van der Waals surface area contributed by atoms with Gasteiger partial charge in [-0.1, -0.05) is 13.8 Å². The topological polar surface area (TPSA) is 78.4 Å². The van der Waals surface area contributed by atoms with Gasteiger partial charge in [-0.3, -0.25) is 9.59 Å². The summed E-state index contributed by atoms with van der Waals surface area (Å²) < 4.78 is 0. The zero-order valence-corrected chi connectivity index (χ0v) is 10.7. The number of carboxylic acids is 1. The first-order chi connectivity index (χ1) is 7.90. The molecular formula is C12H22N2O3. The van der Waals surface area contributed by atoms with Gasteiger partial charge in [0, 0.05) is 13.1 Å². The van der Waals surface area contributed by atoms with E-state index in [1.54, 1.807) is 6.92 Å². The van der Waals surface area contributed by atoms with Crippen LogP contribution < -0.4 is 10.6 Å². The van der Waals surface area contributed by atoms with E-state index < -0.39 is 11.4 Å². The molecule has 5 nitrogen and oxygen atoms in total. The minimum Gasteiger partial charge on any atom is -0.481 e. The molecule has 1 heterocycles. The lowest BCUT2D eigenvalue weighted by molar-refractivity contribution is -0.148. The maximum Gasteiger partial charge on any atom is 0.311 e. The number of carboxylic acid groups (broad SMARTS) is 1. The average molecular weight is 242 g/mol. The number of hydrogen-bond donors (Lipinski definition) is 3. The van der Waals surface area contributed by atoms with E-state index in [-0.39, 0.29) is 18.4 Å². The maximum absolute atomic E-state index is 11.9. The van der Waals surface area contributed by atoms with Crippen LogP contribution in [-0.2, 0) is 9.59 Å². The van der Waals surface area contributed by atoms with Crippen LogP contribution in [0, 0.1) is 17.3 Å². The van der Waals surface area contributed by atoms with Gasteiger partial charge in [-0.2, -0.15) is 0 Å². The highest BCUT2D eigenvalue weighted by molar-refractivity contribution is 5.81. The van der Waals surface area contributed by atoms with E-state index in [4.69, 9.17) is 5.11 Å². The third-order valence-corrected chi connectivity index (χ3v) is 3.80. The monoisotopic (exact) mass is 242 g/mol. The molecule has 3 unspecified atom stereocenters. The van der Waals surface area contributed by atoms with Crippen molar-refractivity contribution in [3.63, 3.8) is 0 Å². The molecule has 0 saturated carbocycles.